The monoisotopic (exact) mass is 162 g/mol. The van der Waals surface area contributed by atoms with Crippen LogP contribution in [0, 0.1) is 0 Å². The summed E-state index contributed by atoms with van der Waals surface area (Å²) in [5, 5.41) is 0. The molecule has 0 aromatic heterocycles. The minimum absolute atomic E-state index is 0.265. The first-order valence-corrected chi connectivity index (χ1v) is 2.50. The van der Waals surface area contributed by atoms with Crippen LogP contribution < -0.4 is 0 Å². The topological polar surface area (TPSA) is 0 Å². The molecule has 0 aliphatic heterocycles. The zero-order valence-corrected chi connectivity index (χ0v) is 4.93. The van der Waals surface area contributed by atoms with E-state index in [0.717, 1.165) is 0 Å². The van der Waals surface area contributed by atoms with Gasteiger partial charge in [-0.05, 0) is 6.08 Å². The first kappa shape index (κ1) is 8.75. The molecule has 9 heavy (non-hydrogen) atoms. The lowest BCUT2D eigenvalue weighted by molar-refractivity contribution is -0.108. The largest absolute Gasteiger partial charge is 0.442 e. The van der Waals surface area contributed by atoms with Gasteiger partial charge in [0, 0.05) is 5.88 Å². The summed E-state index contributed by atoms with van der Waals surface area (Å²) in [6.45, 7) is 0. The molecular formula is C4H3ClF4. The molecule has 0 spiro atoms. The Bertz CT molecular complexity index is 114. The van der Waals surface area contributed by atoms with Gasteiger partial charge in [-0.3, -0.25) is 0 Å². The van der Waals surface area contributed by atoms with Crippen molar-refractivity contribution in [3.63, 3.8) is 0 Å². The van der Waals surface area contributed by atoms with E-state index in [4.69, 9.17) is 11.6 Å². The third kappa shape index (κ3) is 3.35. The fourth-order valence-corrected chi connectivity index (χ4v) is 0.319. The van der Waals surface area contributed by atoms with Crippen LogP contribution in [-0.4, -0.2) is 12.1 Å². The zero-order valence-electron chi connectivity index (χ0n) is 4.17. The first-order valence-electron chi connectivity index (χ1n) is 1.97. The van der Waals surface area contributed by atoms with Gasteiger partial charge in [-0.25, -0.2) is 4.39 Å². The summed E-state index contributed by atoms with van der Waals surface area (Å²) < 4.78 is 45.0. The molecule has 0 amide bonds. The van der Waals surface area contributed by atoms with E-state index < -0.39 is 17.9 Å². The Balaban J connectivity index is 4.03. The van der Waals surface area contributed by atoms with Crippen LogP contribution in [0.15, 0.2) is 11.9 Å². The van der Waals surface area contributed by atoms with Crippen LogP contribution in [0.3, 0.4) is 0 Å². The number of rotatable bonds is 1. The molecule has 0 atom stereocenters. The van der Waals surface area contributed by atoms with Gasteiger partial charge in [0.25, 0.3) is 0 Å². The fraction of sp³-hybridized carbons (Fsp3) is 0.500. The summed E-state index contributed by atoms with van der Waals surface area (Å²) in [7, 11) is 0. The van der Waals surface area contributed by atoms with Crippen molar-refractivity contribution < 1.29 is 17.6 Å². The van der Waals surface area contributed by atoms with Crippen molar-refractivity contribution in [2.75, 3.05) is 5.88 Å². The van der Waals surface area contributed by atoms with Crippen molar-refractivity contribution in [1.82, 2.24) is 0 Å². The maximum Gasteiger partial charge on any atom is 0.442 e. The Morgan fingerprint density at radius 3 is 2.00 bits per heavy atom. The number of alkyl halides is 4. The van der Waals surface area contributed by atoms with Gasteiger partial charge < -0.3 is 0 Å². The predicted octanol–water partition coefficient (Wildman–Crippen LogP) is 2.64. The van der Waals surface area contributed by atoms with Gasteiger partial charge in [-0.15, -0.1) is 11.6 Å². The Hall–Kier alpha value is -0.250. The lowest BCUT2D eigenvalue weighted by Crippen LogP contribution is -2.07. The van der Waals surface area contributed by atoms with E-state index in [0.29, 0.717) is 0 Å². The van der Waals surface area contributed by atoms with Gasteiger partial charge in [-0.2, -0.15) is 13.2 Å². The Morgan fingerprint density at radius 1 is 1.44 bits per heavy atom. The lowest BCUT2D eigenvalue weighted by atomic mass is 10.5. The molecule has 0 saturated heterocycles. The van der Waals surface area contributed by atoms with E-state index in [9.17, 15) is 17.6 Å². The molecule has 0 rings (SSSR count). The molecule has 5 heteroatoms. The minimum atomic E-state index is -4.88. The second kappa shape index (κ2) is 3.06. The quantitative estimate of drug-likeness (QED) is 0.411. The minimum Gasteiger partial charge on any atom is -0.202 e. The maximum absolute atomic E-state index is 11.6. The smallest absolute Gasteiger partial charge is 0.202 e. The van der Waals surface area contributed by atoms with E-state index in [1.165, 1.54) is 0 Å². The molecule has 0 bridgehead atoms. The van der Waals surface area contributed by atoms with Crippen LogP contribution in [0.5, 0.6) is 0 Å². The van der Waals surface area contributed by atoms with Gasteiger partial charge in [0.1, 0.15) is 0 Å². The Morgan fingerprint density at radius 2 is 1.89 bits per heavy atom. The third-order valence-corrected chi connectivity index (χ3v) is 0.681. The standard InChI is InChI=1S/C4H3ClF4/c5-2-1-3(6)4(7,8)9/h1H,2H2. The van der Waals surface area contributed by atoms with Crippen molar-refractivity contribution in [3.8, 4) is 0 Å². The van der Waals surface area contributed by atoms with Gasteiger partial charge in [-0.1, -0.05) is 0 Å². The highest BCUT2D eigenvalue weighted by Gasteiger charge is 2.33. The van der Waals surface area contributed by atoms with E-state index in [-0.39, 0.29) is 6.08 Å². The van der Waals surface area contributed by atoms with Crippen LogP contribution in [-0.2, 0) is 0 Å². The van der Waals surface area contributed by atoms with Gasteiger partial charge in [0.15, 0.2) is 0 Å². The molecule has 0 aromatic rings. The van der Waals surface area contributed by atoms with Crippen molar-refractivity contribution in [3.05, 3.63) is 11.9 Å². The summed E-state index contributed by atoms with van der Waals surface area (Å²) in [4.78, 5) is 0. The summed E-state index contributed by atoms with van der Waals surface area (Å²) >= 11 is 4.79. The van der Waals surface area contributed by atoms with E-state index in [1.54, 1.807) is 0 Å². The van der Waals surface area contributed by atoms with Crippen LogP contribution in [0.4, 0.5) is 17.6 Å². The highest BCUT2D eigenvalue weighted by atomic mass is 35.5. The van der Waals surface area contributed by atoms with Gasteiger partial charge in [0.05, 0.1) is 0 Å². The average Bonchev–Trinajstić information content (AvgIpc) is 1.64. The number of allylic oxidation sites excluding steroid dienone is 2. The molecule has 0 aromatic carbocycles. The second-order valence-corrected chi connectivity index (χ2v) is 1.51. The highest BCUT2D eigenvalue weighted by molar-refractivity contribution is 6.18. The molecule has 0 radical (unpaired) electrons. The number of halogens is 5. The molecule has 0 nitrogen and oxygen atoms in total. The van der Waals surface area contributed by atoms with E-state index in [1.807, 2.05) is 0 Å². The summed E-state index contributed by atoms with van der Waals surface area (Å²) in [5.41, 5.74) is 0. The van der Waals surface area contributed by atoms with Crippen molar-refractivity contribution >= 4 is 11.6 Å². The summed E-state index contributed by atoms with van der Waals surface area (Å²) in [6.07, 6.45) is -4.61. The van der Waals surface area contributed by atoms with Gasteiger partial charge in [0.2, 0.25) is 5.83 Å². The summed E-state index contributed by atoms with van der Waals surface area (Å²) in [5.74, 6) is -2.61. The van der Waals surface area contributed by atoms with Crippen molar-refractivity contribution in [2.24, 2.45) is 0 Å². The number of hydrogen-bond donors (Lipinski definition) is 0. The highest BCUT2D eigenvalue weighted by Crippen LogP contribution is 2.25. The molecule has 0 unspecified atom stereocenters. The van der Waals surface area contributed by atoms with Crippen molar-refractivity contribution in [2.45, 2.75) is 6.18 Å². The van der Waals surface area contributed by atoms with Crippen LogP contribution in [0.25, 0.3) is 0 Å². The average molecular weight is 163 g/mol. The molecule has 0 saturated carbocycles. The molecule has 54 valence electrons. The molecule has 0 aliphatic carbocycles. The molecule has 0 N–H and O–H groups in total. The lowest BCUT2D eigenvalue weighted by Gasteiger charge is -1.99. The first-order chi connectivity index (χ1) is 3.98. The second-order valence-electron chi connectivity index (χ2n) is 1.20. The van der Waals surface area contributed by atoms with Crippen LogP contribution in [0.1, 0.15) is 0 Å². The fourth-order valence-electron chi connectivity index (χ4n) is 0.183. The van der Waals surface area contributed by atoms with E-state index >= 15 is 0 Å². The SMILES string of the molecule is FC(=CCCl)C(F)(F)F. The van der Waals surface area contributed by atoms with Crippen molar-refractivity contribution in [1.29, 1.82) is 0 Å². The van der Waals surface area contributed by atoms with E-state index in [2.05, 4.69) is 0 Å². The molecule has 0 heterocycles. The molecule has 0 fully saturated rings. The predicted molar refractivity (Wildman–Crippen MR) is 26.0 cm³/mol. The molecular weight excluding hydrogens is 159 g/mol. The Labute approximate surface area is 54.1 Å². The maximum atomic E-state index is 11.6. The molecule has 0 aliphatic rings. The number of hydrogen-bond acceptors (Lipinski definition) is 0. The zero-order chi connectivity index (χ0) is 7.49. The normalized spacial score (nSPS) is 14.1. The summed E-state index contributed by atoms with van der Waals surface area (Å²) in [6, 6.07) is 0. The van der Waals surface area contributed by atoms with Gasteiger partial charge >= 0.3 is 6.18 Å². The Kier molecular flexibility index (Phi) is 2.97. The van der Waals surface area contributed by atoms with Crippen LogP contribution in [0.2, 0.25) is 0 Å². The van der Waals surface area contributed by atoms with Crippen LogP contribution >= 0.6 is 11.6 Å². The third-order valence-electron chi connectivity index (χ3n) is 0.527.